The lowest BCUT2D eigenvalue weighted by Crippen LogP contribution is -2.43. The van der Waals surface area contributed by atoms with Gasteiger partial charge >= 0.3 is 0 Å². The number of carbonyl (C=O) groups is 1. The molecule has 1 saturated heterocycles. The number of rotatable bonds is 2. The van der Waals surface area contributed by atoms with Crippen LogP contribution in [0, 0.1) is 13.8 Å². The second kappa shape index (κ2) is 6.37. The standard InChI is InChI=1S/C17H19BrN2O3S/c1-12-10-16(17(21)19-6-8-24(22,23)9-7-19)13(2)20(12)15-5-3-4-14(18)11-15/h3-5,10-11H,6-9H2,1-2H3. The van der Waals surface area contributed by atoms with Crippen LogP contribution in [0.15, 0.2) is 34.8 Å². The fourth-order valence-corrected chi connectivity index (χ4v) is 4.67. The van der Waals surface area contributed by atoms with Crippen molar-refractivity contribution < 1.29 is 13.2 Å². The topological polar surface area (TPSA) is 59.4 Å². The molecule has 0 bridgehead atoms. The summed E-state index contributed by atoms with van der Waals surface area (Å²) in [6.45, 7) is 4.41. The van der Waals surface area contributed by atoms with Crippen LogP contribution in [0.3, 0.4) is 0 Å². The zero-order chi connectivity index (χ0) is 17.5. The van der Waals surface area contributed by atoms with E-state index in [1.54, 1.807) is 4.90 Å². The maximum atomic E-state index is 12.8. The van der Waals surface area contributed by atoms with E-state index in [0.29, 0.717) is 5.56 Å². The van der Waals surface area contributed by atoms with Crippen molar-refractivity contribution in [2.45, 2.75) is 13.8 Å². The van der Waals surface area contributed by atoms with Crippen LogP contribution in [0.25, 0.3) is 5.69 Å². The second-order valence-corrected chi connectivity index (χ2v) is 9.26. The molecule has 0 saturated carbocycles. The van der Waals surface area contributed by atoms with E-state index in [-0.39, 0.29) is 30.5 Å². The van der Waals surface area contributed by atoms with Crippen molar-refractivity contribution in [1.29, 1.82) is 0 Å². The Morgan fingerprint density at radius 3 is 2.42 bits per heavy atom. The van der Waals surface area contributed by atoms with Gasteiger partial charge in [0, 0.05) is 34.6 Å². The second-order valence-electron chi connectivity index (χ2n) is 6.04. The van der Waals surface area contributed by atoms with Gasteiger partial charge in [0.1, 0.15) is 0 Å². The van der Waals surface area contributed by atoms with Gasteiger partial charge in [0.15, 0.2) is 9.84 Å². The van der Waals surface area contributed by atoms with E-state index in [0.717, 1.165) is 21.5 Å². The Morgan fingerprint density at radius 2 is 1.79 bits per heavy atom. The average molecular weight is 411 g/mol. The van der Waals surface area contributed by atoms with Gasteiger partial charge in [-0.1, -0.05) is 22.0 Å². The van der Waals surface area contributed by atoms with Gasteiger partial charge in [-0.15, -0.1) is 0 Å². The molecule has 0 atom stereocenters. The molecule has 0 spiro atoms. The zero-order valence-electron chi connectivity index (χ0n) is 13.6. The molecule has 0 aliphatic carbocycles. The molecular formula is C17H19BrN2O3S. The minimum absolute atomic E-state index is 0.0448. The van der Waals surface area contributed by atoms with Gasteiger partial charge < -0.3 is 9.47 Å². The van der Waals surface area contributed by atoms with Gasteiger partial charge in [-0.3, -0.25) is 4.79 Å². The van der Waals surface area contributed by atoms with Crippen molar-refractivity contribution in [3.8, 4) is 5.69 Å². The molecule has 128 valence electrons. The quantitative estimate of drug-likeness (QED) is 0.764. The van der Waals surface area contributed by atoms with Crippen LogP contribution >= 0.6 is 15.9 Å². The van der Waals surface area contributed by atoms with Crippen LogP contribution < -0.4 is 0 Å². The molecule has 0 N–H and O–H groups in total. The molecule has 1 aliphatic rings. The first kappa shape index (κ1) is 17.2. The van der Waals surface area contributed by atoms with E-state index in [1.165, 1.54) is 0 Å². The third kappa shape index (κ3) is 3.28. The number of nitrogens with zero attached hydrogens (tertiary/aromatic N) is 2. The first-order chi connectivity index (χ1) is 11.3. The third-order valence-electron chi connectivity index (χ3n) is 4.36. The first-order valence-electron chi connectivity index (χ1n) is 7.73. The van der Waals surface area contributed by atoms with Gasteiger partial charge in [-0.25, -0.2) is 8.42 Å². The van der Waals surface area contributed by atoms with Gasteiger partial charge in [-0.2, -0.15) is 0 Å². The normalized spacial score (nSPS) is 17.0. The number of benzene rings is 1. The average Bonchev–Trinajstić information content (AvgIpc) is 2.81. The fraction of sp³-hybridized carbons (Fsp3) is 0.353. The lowest BCUT2D eigenvalue weighted by Gasteiger charge is -2.26. The maximum Gasteiger partial charge on any atom is 0.255 e. The van der Waals surface area contributed by atoms with E-state index in [4.69, 9.17) is 0 Å². The Morgan fingerprint density at radius 1 is 1.12 bits per heavy atom. The van der Waals surface area contributed by atoms with Gasteiger partial charge in [0.2, 0.25) is 0 Å². The smallest absolute Gasteiger partial charge is 0.255 e. The SMILES string of the molecule is Cc1cc(C(=O)N2CCS(=O)(=O)CC2)c(C)n1-c1cccc(Br)c1. The minimum Gasteiger partial charge on any atom is -0.337 e. The molecule has 1 aromatic heterocycles. The number of amides is 1. The largest absolute Gasteiger partial charge is 0.337 e. The first-order valence-corrected chi connectivity index (χ1v) is 10.3. The van der Waals surface area contributed by atoms with Gasteiger partial charge in [0.25, 0.3) is 5.91 Å². The Labute approximate surface area is 150 Å². The summed E-state index contributed by atoms with van der Waals surface area (Å²) in [4.78, 5) is 14.4. The van der Waals surface area contributed by atoms with Crippen LogP contribution in [-0.4, -0.2) is 48.4 Å². The van der Waals surface area contributed by atoms with Crippen molar-refractivity contribution in [1.82, 2.24) is 9.47 Å². The van der Waals surface area contributed by atoms with Crippen molar-refractivity contribution in [2.75, 3.05) is 24.6 Å². The van der Waals surface area contributed by atoms with Crippen LogP contribution in [0.4, 0.5) is 0 Å². The molecule has 1 fully saturated rings. The summed E-state index contributed by atoms with van der Waals surface area (Å²) in [5.41, 5.74) is 3.45. The molecule has 2 heterocycles. The Balaban J connectivity index is 1.93. The third-order valence-corrected chi connectivity index (χ3v) is 6.46. The molecule has 0 radical (unpaired) electrons. The molecular weight excluding hydrogens is 392 g/mol. The molecule has 3 rings (SSSR count). The summed E-state index contributed by atoms with van der Waals surface area (Å²) >= 11 is 3.47. The van der Waals surface area contributed by atoms with E-state index in [2.05, 4.69) is 15.9 Å². The molecule has 24 heavy (non-hydrogen) atoms. The Bertz CT molecular complexity index is 889. The van der Waals surface area contributed by atoms with Gasteiger partial charge in [-0.05, 0) is 38.1 Å². The van der Waals surface area contributed by atoms with E-state index in [9.17, 15) is 13.2 Å². The monoisotopic (exact) mass is 410 g/mol. The predicted molar refractivity (Wildman–Crippen MR) is 97.5 cm³/mol. The van der Waals surface area contributed by atoms with Crippen molar-refractivity contribution >= 4 is 31.7 Å². The number of carbonyl (C=O) groups excluding carboxylic acids is 1. The lowest BCUT2D eigenvalue weighted by atomic mass is 10.2. The fourth-order valence-electron chi connectivity index (χ4n) is 3.08. The number of sulfone groups is 1. The van der Waals surface area contributed by atoms with Crippen LogP contribution in [0.1, 0.15) is 21.7 Å². The maximum absolute atomic E-state index is 12.8. The Kier molecular flexibility index (Phi) is 4.57. The van der Waals surface area contributed by atoms with Gasteiger partial charge in [0.05, 0.1) is 17.1 Å². The summed E-state index contributed by atoms with van der Waals surface area (Å²) in [6, 6.07) is 9.78. The summed E-state index contributed by atoms with van der Waals surface area (Å²) in [6.07, 6.45) is 0. The molecule has 1 aromatic carbocycles. The highest BCUT2D eigenvalue weighted by atomic mass is 79.9. The van der Waals surface area contributed by atoms with Crippen LogP contribution in [-0.2, 0) is 9.84 Å². The number of aromatic nitrogens is 1. The summed E-state index contributed by atoms with van der Waals surface area (Å²) in [5, 5.41) is 0. The molecule has 2 aromatic rings. The van der Waals surface area contributed by atoms with Crippen molar-refractivity contribution in [3.05, 3.63) is 51.8 Å². The van der Waals surface area contributed by atoms with Crippen LogP contribution in [0.2, 0.25) is 0 Å². The Hall–Kier alpha value is -1.60. The summed E-state index contributed by atoms with van der Waals surface area (Å²) in [7, 11) is -3.00. The molecule has 7 heteroatoms. The highest BCUT2D eigenvalue weighted by Gasteiger charge is 2.28. The van der Waals surface area contributed by atoms with E-state index in [1.807, 2.05) is 48.7 Å². The number of hydrogen-bond donors (Lipinski definition) is 0. The molecule has 0 unspecified atom stereocenters. The lowest BCUT2D eigenvalue weighted by molar-refractivity contribution is 0.0769. The zero-order valence-corrected chi connectivity index (χ0v) is 16.0. The summed E-state index contributed by atoms with van der Waals surface area (Å²) < 4.78 is 26.1. The van der Waals surface area contributed by atoms with E-state index >= 15 is 0 Å². The minimum atomic E-state index is -3.00. The number of halogens is 1. The van der Waals surface area contributed by atoms with E-state index < -0.39 is 9.84 Å². The molecule has 1 aliphatic heterocycles. The molecule has 5 nitrogen and oxygen atoms in total. The summed E-state index contributed by atoms with van der Waals surface area (Å²) in [5.74, 6) is -0.00841. The highest BCUT2D eigenvalue weighted by molar-refractivity contribution is 9.10. The van der Waals surface area contributed by atoms with Crippen molar-refractivity contribution in [3.63, 3.8) is 0 Å². The van der Waals surface area contributed by atoms with Crippen molar-refractivity contribution in [2.24, 2.45) is 0 Å². The molecule has 1 amide bonds. The van der Waals surface area contributed by atoms with Crippen LogP contribution in [0.5, 0.6) is 0 Å². The predicted octanol–water partition coefficient (Wildman–Crippen LogP) is 2.73. The number of hydrogen-bond acceptors (Lipinski definition) is 3. The highest BCUT2D eigenvalue weighted by Crippen LogP contribution is 2.24. The number of aryl methyl sites for hydroxylation is 1.